The molecule has 0 amide bonds. The normalized spacial score (nSPS) is 18.1. The first-order valence-electron chi connectivity index (χ1n) is 7.01. The summed E-state index contributed by atoms with van der Waals surface area (Å²) in [4.78, 5) is 16.2. The van der Waals surface area contributed by atoms with Crippen molar-refractivity contribution in [3.63, 3.8) is 0 Å². The fourth-order valence-corrected chi connectivity index (χ4v) is 2.87. The van der Waals surface area contributed by atoms with Gasteiger partial charge in [-0.15, -0.1) is 0 Å². The Bertz CT molecular complexity index is 808. The highest BCUT2D eigenvalue weighted by atomic mass is 16.5. The molecule has 0 spiro atoms. The maximum atomic E-state index is 11.5. The van der Waals surface area contributed by atoms with Crippen molar-refractivity contribution in [3.05, 3.63) is 54.6 Å². The zero-order valence-corrected chi connectivity index (χ0v) is 11.4. The predicted molar refractivity (Wildman–Crippen MR) is 79.8 cm³/mol. The zero-order valence-electron chi connectivity index (χ0n) is 11.4. The van der Waals surface area contributed by atoms with E-state index in [-0.39, 0.29) is 12.0 Å². The summed E-state index contributed by atoms with van der Waals surface area (Å²) in [6, 6.07) is 18.1. The fraction of sp³-hybridized carbons (Fsp3) is 0.176. The van der Waals surface area contributed by atoms with Crippen molar-refractivity contribution in [2.24, 2.45) is 0 Å². The topological polar surface area (TPSA) is 44.1 Å². The van der Waals surface area contributed by atoms with Gasteiger partial charge in [0.05, 0.1) is 23.5 Å². The van der Waals surface area contributed by atoms with Gasteiger partial charge in [-0.3, -0.25) is 4.79 Å². The number of fused-ring (bicyclic) bond motifs is 1. The first-order chi connectivity index (χ1) is 10.3. The summed E-state index contributed by atoms with van der Waals surface area (Å²) in [7, 11) is 0. The monoisotopic (exact) mass is 278 g/mol. The SMILES string of the molecule is O=C1CC(n2c(-c3ccccc3)nc3ccccc32)CO1. The minimum atomic E-state index is -0.142. The summed E-state index contributed by atoms with van der Waals surface area (Å²) in [6.45, 7) is 0.416. The van der Waals surface area contributed by atoms with Gasteiger partial charge < -0.3 is 9.30 Å². The molecule has 0 saturated carbocycles. The third-order valence-electron chi connectivity index (χ3n) is 3.83. The van der Waals surface area contributed by atoms with Gasteiger partial charge in [-0.1, -0.05) is 42.5 Å². The van der Waals surface area contributed by atoms with Crippen LogP contribution < -0.4 is 0 Å². The van der Waals surface area contributed by atoms with Crippen molar-refractivity contribution >= 4 is 17.0 Å². The second-order valence-corrected chi connectivity index (χ2v) is 5.20. The molecule has 0 aliphatic carbocycles. The number of aromatic nitrogens is 2. The van der Waals surface area contributed by atoms with Crippen LogP contribution in [0, 0.1) is 0 Å². The Morgan fingerprint density at radius 3 is 2.57 bits per heavy atom. The molecular weight excluding hydrogens is 264 g/mol. The predicted octanol–water partition coefficient (Wildman–Crippen LogP) is 3.19. The fourth-order valence-electron chi connectivity index (χ4n) is 2.87. The second-order valence-electron chi connectivity index (χ2n) is 5.20. The molecule has 1 aliphatic rings. The van der Waals surface area contributed by atoms with E-state index in [1.54, 1.807) is 0 Å². The van der Waals surface area contributed by atoms with Crippen LogP contribution in [0.5, 0.6) is 0 Å². The van der Waals surface area contributed by atoms with E-state index in [2.05, 4.69) is 4.57 Å². The number of rotatable bonds is 2. The molecule has 2 aromatic carbocycles. The largest absolute Gasteiger partial charge is 0.463 e. The van der Waals surface area contributed by atoms with Crippen molar-refractivity contribution in [1.82, 2.24) is 9.55 Å². The second kappa shape index (κ2) is 4.74. The highest BCUT2D eigenvalue weighted by Gasteiger charge is 2.29. The summed E-state index contributed by atoms with van der Waals surface area (Å²) in [5, 5.41) is 0. The van der Waals surface area contributed by atoms with Crippen molar-refractivity contribution in [3.8, 4) is 11.4 Å². The Morgan fingerprint density at radius 2 is 1.81 bits per heavy atom. The molecule has 104 valence electrons. The van der Waals surface area contributed by atoms with Crippen LogP contribution in [0.3, 0.4) is 0 Å². The van der Waals surface area contributed by atoms with E-state index in [1.165, 1.54) is 0 Å². The molecule has 4 nitrogen and oxygen atoms in total. The molecule has 0 N–H and O–H groups in total. The zero-order chi connectivity index (χ0) is 14.2. The number of carbonyl (C=O) groups excluding carboxylic acids is 1. The number of nitrogens with zero attached hydrogens (tertiary/aromatic N) is 2. The lowest BCUT2D eigenvalue weighted by atomic mass is 10.2. The van der Waals surface area contributed by atoms with Crippen LogP contribution in [0.25, 0.3) is 22.4 Å². The summed E-state index contributed by atoms with van der Waals surface area (Å²) in [5.41, 5.74) is 3.03. The van der Waals surface area contributed by atoms with Crippen LogP contribution in [-0.2, 0) is 9.53 Å². The number of carbonyl (C=O) groups is 1. The van der Waals surface area contributed by atoms with Gasteiger partial charge in [0.2, 0.25) is 0 Å². The van der Waals surface area contributed by atoms with Crippen molar-refractivity contribution in [1.29, 1.82) is 0 Å². The molecule has 1 fully saturated rings. The number of benzene rings is 2. The highest BCUT2D eigenvalue weighted by molar-refractivity contribution is 5.81. The Morgan fingerprint density at radius 1 is 1.05 bits per heavy atom. The highest BCUT2D eigenvalue weighted by Crippen LogP contribution is 2.32. The van der Waals surface area contributed by atoms with Gasteiger partial charge in [0.15, 0.2) is 0 Å². The third-order valence-corrected chi connectivity index (χ3v) is 3.83. The van der Waals surface area contributed by atoms with Gasteiger partial charge in [0.25, 0.3) is 0 Å². The van der Waals surface area contributed by atoms with E-state index in [0.29, 0.717) is 13.0 Å². The lowest BCUT2D eigenvalue weighted by molar-refractivity contribution is -0.137. The Balaban J connectivity index is 1.95. The van der Waals surface area contributed by atoms with E-state index in [1.807, 2.05) is 54.6 Å². The van der Waals surface area contributed by atoms with Gasteiger partial charge >= 0.3 is 5.97 Å². The molecule has 2 heterocycles. The third kappa shape index (κ3) is 2.00. The van der Waals surface area contributed by atoms with E-state index in [0.717, 1.165) is 22.4 Å². The number of ether oxygens (including phenoxy) is 1. The van der Waals surface area contributed by atoms with Crippen LogP contribution in [0.1, 0.15) is 12.5 Å². The average Bonchev–Trinajstić information content (AvgIpc) is 3.11. The summed E-state index contributed by atoms with van der Waals surface area (Å²) in [6.07, 6.45) is 0.403. The smallest absolute Gasteiger partial charge is 0.308 e. The first-order valence-corrected chi connectivity index (χ1v) is 7.01. The molecule has 1 aliphatic heterocycles. The first kappa shape index (κ1) is 12.1. The number of esters is 1. The van der Waals surface area contributed by atoms with Crippen LogP contribution in [0.15, 0.2) is 54.6 Å². The van der Waals surface area contributed by atoms with E-state index >= 15 is 0 Å². The van der Waals surface area contributed by atoms with Gasteiger partial charge in [0.1, 0.15) is 12.4 Å². The van der Waals surface area contributed by atoms with Crippen LogP contribution >= 0.6 is 0 Å². The van der Waals surface area contributed by atoms with E-state index < -0.39 is 0 Å². The minimum absolute atomic E-state index is 0.0140. The lowest BCUT2D eigenvalue weighted by Crippen LogP contribution is -2.10. The molecule has 1 atom stereocenters. The Labute approximate surface area is 122 Å². The maximum absolute atomic E-state index is 11.5. The van der Waals surface area contributed by atoms with Gasteiger partial charge in [-0.25, -0.2) is 4.98 Å². The lowest BCUT2D eigenvalue weighted by Gasteiger charge is -2.14. The number of para-hydroxylation sites is 2. The average molecular weight is 278 g/mol. The molecule has 4 heteroatoms. The number of hydrogen-bond donors (Lipinski definition) is 0. The molecule has 4 rings (SSSR count). The van der Waals surface area contributed by atoms with Gasteiger partial charge in [-0.05, 0) is 12.1 Å². The molecule has 1 aromatic heterocycles. The molecule has 1 saturated heterocycles. The van der Waals surface area contributed by atoms with E-state index in [9.17, 15) is 4.79 Å². The van der Waals surface area contributed by atoms with Crippen LogP contribution in [0.4, 0.5) is 0 Å². The number of cyclic esters (lactones) is 1. The summed E-state index contributed by atoms with van der Waals surface area (Å²) in [5.74, 6) is 0.747. The molecule has 3 aromatic rings. The van der Waals surface area contributed by atoms with Crippen molar-refractivity contribution < 1.29 is 9.53 Å². The van der Waals surface area contributed by atoms with Crippen LogP contribution in [0.2, 0.25) is 0 Å². The standard InChI is InChI=1S/C17H14N2O2/c20-16-10-13(11-21-16)19-15-9-5-4-8-14(15)18-17(19)12-6-2-1-3-7-12/h1-9,13H,10-11H2. The number of imidazole rings is 1. The molecule has 0 radical (unpaired) electrons. The maximum Gasteiger partial charge on any atom is 0.308 e. The molecule has 21 heavy (non-hydrogen) atoms. The van der Waals surface area contributed by atoms with E-state index in [4.69, 9.17) is 9.72 Å². The van der Waals surface area contributed by atoms with Crippen LogP contribution in [-0.4, -0.2) is 22.1 Å². The number of hydrogen-bond acceptors (Lipinski definition) is 3. The van der Waals surface area contributed by atoms with Gasteiger partial charge in [0, 0.05) is 5.56 Å². The summed E-state index contributed by atoms with van der Waals surface area (Å²) < 4.78 is 7.28. The Kier molecular flexibility index (Phi) is 2.74. The molecule has 0 bridgehead atoms. The minimum Gasteiger partial charge on any atom is -0.463 e. The van der Waals surface area contributed by atoms with Gasteiger partial charge in [-0.2, -0.15) is 0 Å². The molecular formula is C17H14N2O2. The molecule has 1 unspecified atom stereocenters. The van der Waals surface area contributed by atoms with Crippen molar-refractivity contribution in [2.75, 3.05) is 6.61 Å². The van der Waals surface area contributed by atoms with Crippen molar-refractivity contribution in [2.45, 2.75) is 12.5 Å². The summed E-state index contributed by atoms with van der Waals surface area (Å²) >= 11 is 0. The quantitative estimate of drug-likeness (QED) is 0.676. The Hall–Kier alpha value is -2.62.